The third-order valence-electron chi connectivity index (χ3n) is 2.04. The van der Waals surface area contributed by atoms with Crippen LogP contribution in [0.3, 0.4) is 0 Å². The van der Waals surface area contributed by atoms with Gasteiger partial charge in [0.15, 0.2) is 0 Å². The van der Waals surface area contributed by atoms with E-state index in [1.54, 1.807) is 10.3 Å². The van der Waals surface area contributed by atoms with Gasteiger partial charge in [0.25, 0.3) is 0 Å². The molecule has 14 heavy (non-hydrogen) atoms. The van der Waals surface area contributed by atoms with E-state index in [1.807, 2.05) is 27.7 Å². The Bertz CT molecular complexity index is 251. The van der Waals surface area contributed by atoms with Crippen LogP contribution in [-0.2, 0) is 4.74 Å². The molecule has 0 unspecified atom stereocenters. The van der Waals surface area contributed by atoms with Gasteiger partial charge in [-0.3, -0.25) is 0 Å². The fraction of sp³-hybridized carbons (Fsp3) is 0.800. The normalized spacial score (nSPS) is 19.9. The van der Waals surface area contributed by atoms with Crippen LogP contribution in [0, 0.1) is 5.41 Å². The largest absolute Gasteiger partial charge is 0.444 e. The van der Waals surface area contributed by atoms with Crippen LogP contribution in [0.5, 0.6) is 0 Å². The number of ether oxygens (including phenoxy) is 1. The van der Waals surface area contributed by atoms with Crippen LogP contribution in [0.1, 0.15) is 27.7 Å². The average molecular weight is 215 g/mol. The predicted octanol–water partition coefficient (Wildman–Crippen LogP) is 2.24. The molecule has 4 heteroatoms. The minimum Gasteiger partial charge on any atom is -0.444 e. The van der Waals surface area contributed by atoms with E-state index in [9.17, 15) is 4.79 Å². The van der Waals surface area contributed by atoms with Crippen LogP contribution in [0.25, 0.3) is 0 Å². The van der Waals surface area contributed by atoms with Crippen molar-refractivity contribution >= 4 is 23.7 Å². The molecule has 3 nitrogen and oxygen atoms in total. The second-order valence-corrected chi connectivity index (χ2v) is 5.34. The Labute approximate surface area is 90.4 Å². The molecule has 1 heterocycles. The molecule has 1 amide bonds. The highest BCUT2D eigenvalue weighted by molar-refractivity contribution is 7.79. The molecule has 0 spiro atoms. The molecule has 0 radical (unpaired) electrons. The summed E-state index contributed by atoms with van der Waals surface area (Å²) < 4.78 is 5.22. The van der Waals surface area contributed by atoms with Crippen LogP contribution in [0.4, 0.5) is 4.79 Å². The molecule has 0 aliphatic carbocycles. The molecular weight excluding hydrogens is 198 g/mol. The molecule has 1 aliphatic rings. The van der Waals surface area contributed by atoms with Crippen LogP contribution < -0.4 is 0 Å². The number of carbonyl (C=O) groups excluding carboxylic acids is 1. The van der Waals surface area contributed by atoms with E-state index in [0.717, 1.165) is 0 Å². The predicted molar refractivity (Wildman–Crippen MR) is 59.6 cm³/mol. The maximum atomic E-state index is 11.5. The van der Waals surface area contributed by atoms with Crippen LogP contribution in [0.2, 0.25) is 0 Å². The van der Waals surface area contributed by atoms with Crippen molar-refractivity contribution in [2.75, 3.05) is 13.1 Å². The van der Waals surface area contributed by atoms with Gasteiger partial charge >= 0.3 is 6.09 Å². The van der Waals surface area contributed by atoms with Crippen molar-refractivity contribution in [1.82, 2.24) is 4.90 Å². The van der Waals surface area contributed by atoms with Gasteiger partial charge < -0.3 is 9.64 Å². The van der Waals surface area contributed by atoms with Crippen LogP contribution in [-0.4, -0.2) is 35.1 Å². The number of thiocarbonyl (C=S) groups is 1. The summed E-state index contributed by atoms with van der Waals surface area (Å²) in [5.41, 5.74) is -0.410. The molecular formula is C10H17NO2S. The zero-order chi connectivity index (χ0) is 11.0. The first-order chi connectivity index (χ1) is 6.26. The van der Waals surface area contributed by atoms with E-state index in [4.69, 9.17) is 17.0 Å². The van der Waals surface area contributed by atoms with Gasteiger partial charge in [0, 0.05) is 18.5 Å². The molecule has 1 saturated heterocycles. The molecule has 0 aromatic rings. The summed E-state index contributed by atoms with van der Waals surface area (Å²) in [4.78, 5) is 13.2. The summed E-state index contributed by atoms with van der Waals surface area (Å²) in [5, 5.41) is 1.73. The number of hydrogen-bond acceptors (Lipinski definition) is 3. The molecule has 0 atom stereocenters. The van der Waals surface area contributed by atoms with Gasteiger partial charge in [0.1, 0.15) is 5.60 Å². The van der Waals surface area contributed by atoms with Crippen molar-refractivity contribution in [3.8, 4) is 0 Å². The minimum absolute atomic E-state index is 0.00619. The van der Waals surface area contributed by atoms with Gasteiger partial charge in [0.05, 0.1) is 0 Å². The molecule has 1 aliphatic heterocycles. The summed E-state index contributed by atoms with van der Waals surface area (Å²) in [6, 6.07) is 0. The van der Waals surface area contributed by atoms with Crippen LogP contribution in [0.15, 0.2) is 0 Å². The second-order valence-electron chi connectivity index (χ2n) is 5.11. The van der Waals surface area contributed by atoms with E-state index in [0.29, 0.717) is 13.1 Å². The Morgan fingerprint density at radius 1 is 1.50 bits per heavy atom. The summed E-state index contributed by atoms with van der Waals surface area (Å²) in [6.45, 7) is 8.98. The summed E-state index contributed by atoms with van der Waals surface area (Å²) in [6.07, 6.45) is -0.244. The van der Waals surface area contributed by atoms with E-state index < -0.39 is 5.60 Å². The zero-order valence-electron chi connectivity index (χ0n) is 9.16. The van der Waals surface area contributed by atoms with Crippen molar-refractivity contribution in [2.24, 2.45) is 5.41 Å². The smallest absolute Gasteiger partial charge is 0.410 e. The highest BCUT2D eigenvalue weighted by Gasteiger charge is 2.41. The third-order valence-corrected chi connectivity index (χ3v) is 2.61. The van der Waals surface area contributed by atoms with Crippen molar-refractivity contribution in [3.63, 3.8) is 0 Å². The fourth-order valence-corrected chi connectivity index (χ4v) is 1.50. The summed E-state index contributed by atoms with van der Waals surface area (Å²) in [5.74, 6) is 0. The van der Waals surface area contributed by atoms with Crippen molar-refractivity contribution in [1.29, 1.82) is 0 Å². The first-order valence-electron chi connectivity index (χ1n) is 4.70. The van der Waals surface area contributed by atoms with E-state index >= 15 is 0 Å². The molecule has 0 saturated carbocycles. The number of nitrogens with zero attached hydrogens (tertiary/aromatic N) is 1. The maximum Gasteiger partial charge on any atom is 0.410 e. The molecule has 1 rings (SSSR count). The highest BCUT2D eigenvalue weighted by atomic mass is 32.1. The summed E-state index contributed by atoms with van der Waals surface area (Å²) in [7, 11) is 0. The molecule has 0 aromatic heterocycles. The van der Waals surface area contributed by atoms with Gasteiger partial charge in [-0.15, -0.1) is 0 Å². The SMILES string of the molecule is CC1(C=S)CN(C(=O)OC(C)(C)C)C1. The Balaban J connectivity index is 2.41. The monoisotopic (exact) mass is 215 g/mol. The summed E-state index contributed by atoms with van der Waals surface area (Å²) >= 11 is 4.88. The van der Waals surface area contributed by atoms with E-state index in [2.05, 4.69) is 0 Å². The molecule has 80 valence electrons. The molecule has 0 bridgehead atoms. The lowest BCUT2D eigenvalue weighted by Crippen LogP contribution is -2.58. The minimum atomic E-state index is -0.416. The quantitative estimate of drug-likeness (QED) is 0.628. The second kappa shape index (κ2) is 3.50. The Morgan fingerprint density at radius 2 is 2.00 bits per heavy atom. The molecule has 1 fully saturated rings. The highest BCUT2D eigenvalue weighted by Crippen LogP contribution is 2.29. The van der Waals surface area contributed by atoms with E-state index in [-0.39, 0.29) is 11.5 Å². The lowest BCUT2D eigenvalue weighted by atomic mass is 9.85. The lowest BCUT2D eigenvalue weighted by Gasteiger charge is -2.45. The van der Waals surface area contributed by atoms with E-state index in [1.165, 1.54) is 0 Å². The van der Waals surface area contributed by atoms with Gasteiger partial charge in [0.2, 0.25) is 0 Å². The fourth-order valence-electron chi connectivity index (χ4n) is 1.36. The Kier molecular flexibility index (Phi) is 2.86. The average Bonchev–Trinajstić information content (AvgIpc) is 1.95. The number of amides is 1. The van der Waals surface area contributed by atoms with Crippen molar-refractivity contribution in [3.05, 3.63) is 0 Å². The lowest BCUT2D eigenvalue weighted by molar-refractivity contribution is -0.00769. The van der Waals surface area contributed by atoms with Gasteiger partial charge in [-0.05, 0) is 26.1 Å². The third kappa shape index (κ3) is 2.67. The standard InChI is InChI=1S/C10H17NO2S/c1-9(2,3)13-8(12)11-5-10(4,6-11)7-14/h7H,5-6H2,1-4H3. The van der Waals surface area contributed by atoms with Crippen molar-refractivity contribution in [2.45, 2.75) is 33.3 Å². The van der Waals surface area contributed by atoms with Gasteiger partial charge in [-0.2, -0.15) is 0 Å². The van der Waals surface area contributed by atoms with Gasteiger partial charge in [-0.1, -0.05) is 19.1 Å². The molecule has 0 aromatic carbocycles. The van der Waals surface area contributed by atoms with Crippen LogP contribution >= 0.6 is 12.2 Å². The Hall–Kier alpha value is -0.640. The number of likely N-dealkylation sites (tertiary alicyclic amines) is 1. The number of carbonyl (C=O) groups is 1. The Morgan fingerprint density at radius 3 is 2.36 bits per heavy atom. The van der Waals surface area contributed by atoms with Crippen molar-refractivity contribution < 1.29 is 9.53 Å². The zero-order valence-corrected chi connectivity index (χ0v) is 9.98. The first-order valence-corrected chi connectivity index (χ1v) is 5.17. The first kappa shape index (κ1) is 11.4. The maximum absolute atomic E-state index is 11.5. The topological polar surface area (TPSA) is 29.5 Å². The number of rotatable bonds is 1. The molecule has 0 N–H and O–H groups in total. The van der Waals surface area contributed by atoms with Gasteiger partial charge in [-0.25, -0.2) is 4.79 Å². The number of hydrogen-bond donors (Lipinski definition) is 0.